The second kappa shape index (κ2) is 6.44. The summed E-state index contributed by atoms with van der Waals surface area (Å²) in [5, 5.41) is 6.61. The van der Waals surface area contributed by atoms with Gasteiger partial charge < -0.3 is 15.8 Å². The van der Waals surface area contributed by atoms with Crippen molar-refractivity contribution in [1.29, 1.82) is 0 Å². The summed E-state index contributed by atoms with van der Waals surface area (Å²) in [6, 6.07) is 0. The van der Waals surface area contributed by atoms with Crippen molar-refractivity contribution in [3.8, 4) is 0 Å². The van der Waals surface area contributed by atoms with Crippen LogP contribution in [0.5, 0.6) is 0 Å². The predicted molar refractivity (Wildman–Crippen MR) is 63.2 cm³/mol. The summed E-state index contributed by atoms with van der Waals surface area (Å²) in [7, 11) is 1.56. The van der Waals surface area contributed by atoms with E-state index in [1.54, 1.807) is 7.11 Å². The molecule has 0 saturated heterocycles. The SMILES string of the molecule is COCC(NCCCN=[N+]=[N-])(C(N)=O)C1CC1. The van der Waals surface area contributed by atoms with Gasteiger partial charge in [0, 0.05) is 18.6 Å². The molecular formula is C10H19N5O2. The highest BCUT2D eigenvalue weighted by atomic mass is 16.5. The lowest BCUT2D eigenvalue weighted by atomic mass is 9.93. The van der Waals surface area contributed by atoms with Crippen molar-refractivity contribution in [1.82, 2.24) is 5.32 Å². The normalized spacial score (nSPS) is 18.2. The molecule has 1 aliphatic carbocycles. The second-order valence-corrected chi connectivity index (χ2v) is 4.28. The fourth-order valence-corrected chi connectivity index (χ4v) is 1.98. The van der Waals surface area contributed by atoms with Crippen LogP contribution in [0.15, 0.2) is 5.11 Å². The van der Waals surface area contributed by atoms with Gasteiger partial charge in [0.2, 0.25) is 5.91 Å². The number of carbonyl (C=O) groups is 1. The number of nitrogens with zero attached hydrogens (tertiary/aromatic N) is 3. The highest BCUT2D eigenvalue weighted by molar-refractivity contribution is 5.85. The van der Waals surface area contributed by atoms with Crippen LogP contribution in [0, 0.1) is 5.92 Å². The van der Waals surface area contributed by atoms with Crippen LogP contribution in [0.4, 0.5) is 0 Å². The molecule has 0 aromatic carbocycles. The van der Waals surface area contributed by atoms with E-state index in [-0.39, 0.29) is 18.4 Å². The number of hydrogen-bond acceptors (Lipinski definition) is 4. The van der Waals surface area contributed by atoms with Gasteiger partial charge in [0.25, 0.3) is 0 Å². The molecule has 1 fully saturated rings. The lowest BCUT2D eigenvalue weighted by Gasteiger charge is -2.31. The van der Waals surface area contributed by atoms with Crippen LogP contribution in [0.25, 0.3) is 10.4 Å². The highest BCUT2D eigenvalue weighted by Crippen LogP contribution is 2.39. The van der Waals surface area contributed by atoms with Crippen LogP contribution in [-0.4, -0.2) is 38.3 Å². The number of primary amides is 1. The Balaban J connectivity index is 2.50. The molecule has 0 aromatic rings. The molecule has 1 rings (SSSR count). The molecular weight excluding hydrogens is 222 g/mol. The molecule has 1 atom stereocenters. The molecule has 0 radical (unpaired) electrons. The fourth-order valence-electron chi connectivity index (χ4n) is 1.98. The molecule has 0 aliphatic heterocycles. The van der Waals surface area contributed by atoms with Crippen molar-refractivity contribution < 1.29 is 9.53 Å². The lowest BCUT2D eigenvalue weighted by molar-refractivity contribution is -0.127. The Hall–Kier alpha value is -1.30. The van der Waals surface area contributed by atoms with Crippen molar-refractivity contribution in [2.75, 3.05) is 26.8 Å². The van der Waals surface area contributed by atoms with E-state index in [9.17, 15) is 4.79 Å². The number of rotatable bonds is 9. The number of nitrogens with one attached hydrogen (secondary N) is 1. The lowest BCUT2D eigenvalue weighted by Crippen LogP contribution is -2.60. The number of hydrogen-bond donors (Lipinski definition) is 2. The van der Waals surface area contributed by atoms with Gasteiger partial charge in [0.15, 0.2) is 0 Å². The maximum Gasteiger partial charge on any atom is 0.240 e. The molecule has 1 saturated carbocycles. The van der Waals surface area contributed by atoms with Gasteiger partial charge >= 0.3 is 0 Å². The largest absolute Gasteiger partial charge is 0.382 e. The van der Waals surface area contributed by atoms with E-state index in [2.05, 4.69) is 15.3 Å². The zero-order chi connectivity index (χ0) is 12.7. The number of ether oxygens (including phenoxy) is 1. The first-order chi connectivity index (χ1) is 8.17. The third-order valence-corrected chi connectivity index (χ3v) is 3.02. The van der Waals surface area contributed by atoms with E-state index in [0.29, 0.717) is 19.5 Å². The summed E-state index contributed by atoms with van der Waals surface area (Å²) in [5.41, 5.74) is 12.9. The van der Waals surface area contributed by atoms with Crippen LogP contribution in [0.2, 0.25) is 0 Å². The highest BCUT2D eigenvalue weighted by Gasteiger charge is 2.49. The first kappa shape index (κ1) is 13.8. The predicted octanol–water partition coefficient (Wildman–Crippen LogP) is 0.557. The Morgan fingerprint density at radius 1 is 1.71 bits per heavy atom. The standard InChI is InChI=1S/C10H19N5O2/c1-17-7-10(9(11)16,8-3-4-8)13-5-2-6-14-15-12/h8,13H,2-7H2,1H3,(H2,11,16). The molecule has 1 amide bonds. The van der Waals surface area contributed by atoms with Crippen LogP contribution in [0.1, 0.15) is 19.3 Å². The maximum atomic E-state index is 11.6. The molecule has 17 heavy (non-hydrogen) atoms. The average molecular weight is 241 g/mol. The molecule has 0 bridgehead atoms. The van der Waals surface area contributed by atoms with Gasteiger partial charge in [-0.1, -0.05) is 5.11 Å². The minimum absolute atomic E-state index is 0.263. The van der Waals surface area contributed by atoms with Crippen molar-refractivity contribution in [2.24, 2.45) is 16.8 Å². The second-order valence-electron chi connectivity index (χ2n) is 4.28. The Morgan fingerprint density at radius 3 is 2.88 bits per heavy atom. The van der Waals surface area contributed by atoms with Crippen molar-refractivity contribution in [2.45, 2.75) is 24.8 Å². The summed E-state index contributed by atoms with van der Waals surface area (Å²) >= 11 is 0. The third-order valence-electron chi connectivity index (χ3n) is 3.02. The van der Waals surface area contributed by atoms with Gasteiger partial charge in [-0.15, -0.1) is 0 Å². The Labute approximate surface area is 100 Å². The molecule has 0 spiro atoms. The van der Waals surface area contributed by atoms with Crippen LogP contribution in [0.3, 0.4) is 0 Å². The van der Waals surface area contributed by atoms with Gasteiger partial charge in [-0.3, -0.25) is 4.79 Å². The molecule has 7 nitrogen and oxygen atoms in total. The van der Waals surface area contributed by atoms with Crippen LogP contribution >= 0.6 is 0 Å². The van der Waals surface area contributed by atoms with E-state index >= 15 is 0 Å². The Bertz CT molecular complexity index is 312. The summed E-state index contributed by atoms with van der Waals surface area (Å²) in [6.07, 6.45) is 2.67. The molecule has 3 N–H and O–H groups in total. The van der Waals surface area contributed by atoms with E-state index in [0.717, 1.165) is 12.8 Å². The number of nitrogens with two attached hydrogens (primary N) is 1. The Morgan fingerprint density at radius 2 is 2.41 bits per heavy atom. The van der Waals surface area contributed by atoms with Gasteiger partial charge in [-0.2, -0.15) is 0 Å². The van der Waals surface area contributed by atoms with Gasteiger partial charge in [0.1, 0.15) is 5.54 Å². The van der Waals surface area contributed by atoms with E-state index in [1.165, 1.54) is 0 Å². The third kappa shape index (κ3) is 3.59. The zero-order valence-electron chi connectivity index (χ0n) is 10.1. The summed E-state index contributed by atoms with van der Waals surface area (Å²) in [4.78, 5) is 14.3. The van der Waals surface area contributed by atoms with E-state index in [4.69, 9.17) is 16.0 Å². The molecule has 1 unspecified atom stereocenters. The van der Waals surface area contributed by atoms with Crippen LogP contribution < -0.4 is 11.1 Å². The number of amides is 1. The molecule has 7 heteroatoms. The van der Waals surface area contributed by atoms with Crippen LogP contribution in [-0.2, 0) is 9.53 Å². The maximum absolute atomic E-state index is 11.6. The van der Waals surface area contributed by atoms with Gasteiger partial charge in [-0.05, 0) is 37.3 Å². The number of carbonyl (C=O) groups excluding carboxylic acids is 1. The Kier molecular flexibility index (Phi) is 5.21. The quantitative estimate of drug-likeness (QED) is 0.266. The molecule has 0 heterocycles. The minimum Gasteiger partial charge on any atom is -0.382 e. The monoisotopic (exact) mass is 241 g/mol. The fraction of sp³-hybridized carbons (Fsp3) is 0.900. The topological polar surface area (TPSA) is 113 Å². The zero-order valence-corrected chi connectivity index (χ0v) is 10.1. The van der Waals surface area contributed by atoms with Crippen molar-refractivity contribution in [3.05, 3.63) is 10.4 Å². The van der Waals surface area contributed by atoms with E-state index < -0.39 is 5.54 Å². The van der Waals surface area contributed by atoms with Gasteiger partial charge in [0.05, 0.1) is 6.61 Å². The minimum atomic E-state index is -0.759. The number of methoxy groups -OCH3 is 1. The molecule has 96 valence electrons. The first-order valence-electron chi connectivity index (χ1n) is 5.72. The summed E-state index contributed by atoms with van der Waals surface area (Å²) in [6.45, 7) is 1.28. The van der Waals surface area contributed by atoms with E-state index in [1.807, 2.05) is 0 Å². The summed E-state index contributed by atoms with van der Waals surface area (Å²) in [5.74, 6) is -0.106. The molecule has 1 aliphatic rings. The average Bonchev–Trinajstić information content (AvgIpc) is 3.11. The van der Waals surface area contributed by atoms with Gasteiger partial charge in [-0.25, -0.2) is 0 Å². The number of azide groups is 1. The summed E-state index contributed by atoms with van der Waals surface area (Å²) < 4.78 is 5.10. The smallest absolute Gasteiger partial charge is 0.240 e. The van der Waals surface area contributed by atoms with Crippen molar-refractivity contribution in [3.63, 3.8) is 0 Å². The van der Waals surface area contributed by atoms with Crippen molar-refractivity contribution >= 4 is 5.91 Å². The molecule has 0 aromatic heterocycles. The first-order valence-corrected chi connectivity index (χ1v) is 5.72.